The topological polar surface area (TPSA) is 75.3 Å². The molecular weight excluding hydrogens is 355 g/mol. The number of carbonyl (C=O) groups is 1. The van der Waals surface area contributed by atoms with Gasteiger partial charge in [0.05, 0.1) is 17.1 Å². The van der Waals surface area contributed by atoms with Gasteiger partial charge in [-0.25, -0.2) is 12.8 Å². The summed E-state index contributed by atoms with van der Waals surface area (Å²) in [6.07, 6.45) is 5.02. The second kappa shape index (κ2) is 7.45. The fraction of sp³-hybridized carbons (Fsp3) is 0.0625. The summed E-state index contributed by atoms with van der Waals surface area (Å²) in [5.41, 5.74) is -0.0175. The molecule has 0 unspecified atom stereocenters. The molecule has 0 spiro atoms. The van der Waals surface area contributed by atoms with E-state index >= 15 is 0 Å². The fourth-order valence-electron chi connectivity index (χ4n) is 1.81. The molecule has 0 saturated carbocycles. The van der Waals surface area contributed by atoms with E-state index in [4.69, 9.17) is 18.0 Å². The SMILES string of the molecule is C#CCNS(=O)(=O)c1cccc(C(=O)Nc2ccc(Cl)cc2F)c1. The number of hydrogen-bond acceptors (Lipinski definition) is 3. The number of halogens is 2. The molecule has 2 aromatic carbocycles. The Morgan fingerprint density at radius 3 is 2.67 bits per heavy atom. The first-order valence-electron chi connectivity index (χ1n) is 6.63. The summed E-state index contributed by atoms with van der Waals surface area (Å²) < 4.78 is 39.9. The largest absolute Gasteiger partial charge is 0.319 e. The molecule has 0 heterocycles. The minimum absolute atomic E-state index is 0.0490. The summed E-state index contributed by atoms with van der Waals surface area (Å²) in [5.74, 6) is 0.792. The van der Waals surface area contributed by atoms with E-state index in [1.165, 1.54) is 36.4 Å². The minimum atomic E-state index is -3.83. The molecule has 124 valence electrons. The highest BCUT2D eigenvalue weighted by atomic mass is 35.5. The number of terminal acetylenes is 1. The molecule has 0 aliphatic heterocycles. The van der Waals surface area contributed by atoms with E-state index in [-0.39, 0.29) is 27.7 Å². The van der Waals surface area contributed by atoms with E-state index in [2.05, 4.69) is 16.0 Å². The van der Waals surface area contributed by atoms with Gasteiger partial charge >= 0.3 is 0 Å². The fourth-order valence-corrected chi connectivity index (χ4v) is 2.95. The second-order valence-electron chi connectivity index (χ2n) is 4.63. The van der Waals surface area contributed by atoms with Crippen molar-refractivity contribution in [2.24, 2.45) is 0 Å². The van der Waals surface area contributed by atoms with Gasteiger partial charge in [0.25, 0.3) is 5.91 Å². The molecule has 0 aliphatic carbocycles. The lowest BCUT2D eigenvalue weighted by Crippen LogP contribution is -2.24. The Hall–Kier alpha value is -2.40. The van der Waals surface area contributed by atoms with Gasteiger partial charge in [-0.1, -0.05) is 23.6 Å². The van der Waals surface area contributed by atoms with Gasteiger partial charge in [-0.05, 0) is 36.4 Å². The van der Waals surface area contributed by atoms with Crippen LogP contribution in [0.1, 0.15) is 10.4 Å². The average molecular weight is 367 g/mol. The summed E-state index contributed by atoms with van der Waals surface area (Å²) in [4.78, 5) is 12.1. The molecule has 0 aromatic heterocycles. The quantitative estimate of drug-likeness (QED) is 0.799. The van der Waals surface area contributed by atoms with Crippen LogP contribution in [0.5, 0.6) is 0 Å². The van der Waals surface area contributed by atoms with Gasteiger partial charge in [-0.15, -0.1) is 6.42 Å². The number of hydrogen-bond donors (Lipinski definition) is 2. The number of benzene rings is 2. The molecule has 0 aliphatic rings. The molecule has 0 fully saturated rings. The molecule has 24 heavy (non-hydrogen) atoms. The first-order valence-corrected chi connectivity index (χ1v) is 8.49. The van der Waals surface area contributed by atoms with Crippen LogP contribution in [0, 0.1) is 18.2 Å². The molecule has 0 saturated heterocycles. The molecular formula is C16H12ClFN2O3S. The number of carbonyl (C=O) groups excluding carboxylic acids is 1. The number of amides is 1. The Balaban J connectivity index is 2.25. The average Bonchev–Trinajstić information content (AvgIpc) is 2.55. The third-order valence-corrected chi connectivity index (χ3v) is 4.58. The van der Waals surface area contributed by atoms with Crippen molar-refractivity contribution in [3.8, 4) is 12.3 Å². The maximum absolute atomic E-state index is 13.7. The van der Waals surface area contributed by atoms with E-state index in [0.29, 0.717) is 0 Å². The Morgan fingerprint density at radius 1 is 1.25 bits per heavy atom. The highest BCUT2D eigenvalue weighted by Crippen LogP contribution is 2.20. The third-order valence-electron chi connectivity index (χ3n) is 2.95. The summed E-state index contributed by atoms with van der Waals surface area (Å²) in [6, 6.07) is 9.08. The van der Waals surface area contributed by atoms with Crippen molar-refractivity contribution in [3.05, 3.63) is 58.9 Å². The van der Waals surface area contributed by atoms with Crippen LogP contribution < -0.4 is 10.0 Å². The molecule has 0 radical (unpaired) electrons. The predicted molar refractivity (Wildman–Crippen MR) is 89.8 cm³/mol. The van der Waals surface area contributed by atoms with Crippen molar-refractivity contribution in [3.63, 3.8) is 0 Å². The summed E-state index contributed by atoms with van der Waals surface area (Å²) in [7, 11) is -3.83. The van der Waals surface area contributed by atoms with E-state index in [0.717, 1.165) is 6.07 Å². The van der Waals surface area contributed by atoms with Gasteiger partial charge in [-0.2, -0.15) is 4.72 Å². The smallest absolute Gasteiger partial charge is 0.255 e. The molecule has 5 nitrogen and oxygen atoms in total. The third kappa shape index (κ3) is 4.32. The van der Waals surface area contributed by atoms with Crippen LogP contribution in [-0.2, 0) is 10.0 Å². The van der Waals surface area contributed by atoms with Crippen LogP contribution in [0.15, 0.2) is 47.4 Å². The maximum atomic E-state index is 13.7. The molecule has 8 heteroatoms. The second-order valence-corrected chi connectivity index (χ2v) is 6.84. The van der Waals surface area contributed by atoms with Crippen LogP contribution in [0.2, 0.25) is 5.02 Å². The monoisotopic (exact) mass is 366 g/mol. The number of rotatable bonds is 5. The van der Waals surface area contributed by atoms with Gasteiger partial charge in [0.1, 0.15) is 5.82 Å². The molecule has 2 rings (SSSR count). The Labute approximate surface area is 143 Å². The first-order chi connectivity index (χ1) is 11.3. The van der Waals surface area contributed by atoms with Crippen LogP contribution in [0.4, 0.5) is 10.1 Å². The van der Waals surface area contributed by atoms with Gasteiger partial charge < -0.3 is 5.32 Å². The van der Waals surface area contributed by atoms with Crippen molar-refractivity contribution < 1.29 is 17.6 Å². The zero-order chi connectivity index (χ0) is 17.7. The van der Waals surface area contributed by atoms with E-state index in [1.54, 1.807) is 0 Å². The molecule has 0 bridgehead atoms. The van der Waals surface area contributed by atoms with E-state index < -0.39 is 21.7 Å². The Kier molecular flexibility index (Phi) is 5.57. The minimum Gasteiger partial charge on any atom is -0.319 e. The highest BCUT2D eigenvalue weighted by molar-refractivity contribution is 7.89. The number of sulfonamides is 1. The van der Waals surface area contributed by atoms with Crippen LogP contribution in [0.25, 0.3) is 0 Å². The van der Waals surface area contributed by atoms with Crippen molar-refractivity contribution in [1.29, 1.82) is 0 Å². The van der Waals surface area contributed by atoms with E-state index in [9.17, 15) is 17.6 Å². The molecule has 2 aromatic rings. The van der Waals surface area contributed by atoms with Crippen molar-refractivity contribution >= 4 is 33.2 Å². The number of nitrogens with one attached hydrogen (secondary N) is 2. The van der Waals surface area contributed by atoms with Gasteiger partial charge in [0.2, 0.25) is 10.0 Å². The molecule has 1 amide bonds. The van der Waals surface area contributed by atoms with Crippen molar-refractivity contribution in [2.45, 2.75) is 4.90 Å². The maximum Gasteiger partial charge on any atom is 0.255 e. The number of anilines is 1. The standard InChI is InChI=1S/C16H12ClFN2O3S/c1-2-8-19-24(22,23)13-5-3-4-11(9-13)16(21)20-15-7-6-12(17)10-14(15)18/h1,3-7,9-10,19H,8H2,(H,20,21). The lowest BCUT2D eigenvalue weighted by atomic mass is 10.2. The Bertz CT molecular complexity index is 923. The highest BCUT2D eigenvalue weighted by Gasteiger charge is 2.16. The van der Waals surface area contributed by atoms with Crippen molar-refractivity contribution in [1.82, 2.24) is 4.72 Å². The first kappa shape index (κ1) is 17.9. The zero-order valence-corrected chi connectivity index (χ0v) is 13.8. The normalized spacial score (nSPS) is 10.9. The summed E-state index contributed by atoms with van der Waals surface area (Å²) >= 11 is 5.64. The van der Waals surface area contributed by atoms with Crippen LogP contribution in [0.3, 0.4) is 0 Å². The lowest BCUT2D eigenvalue weighted by Gasteiger charge is -2.09. The Morgan fingerprint density at radius 2 is 2.00 bits per heavy atom. The van der Waals surface area contributed by atoms with Gasteiger partial charge in [0.15, 0.2) is 0 Å². The molecule has 2 N–H and O–H groups in total. The van der Waals surface area contributed by atoms with Gasteiger partial charge in [-0.3, -0.25) is 4.79 Å². The lowest BCUT2D eigenvalue weighted by molar-refractivity contribution is 0.102. The summed E-state index contributed by atoms with van der Waals surface area (Å²) in [6.45, 7) is -0.172. The van der Waals surface area contributed by atoms with Gasteiger partial charge in [0, 0.05) is 10.6 Å². The van der Waals surface area contributed by atoms with Crippen molar-refractivity contribution in [2.75, 3.05) is 11.9 Å². The van der Waals surface area contributed by atoms with Crippen LogP contribution >= 0.6 is 11.6 Å². The summed E-state index contributed by atoms with van der Waals surface area (Å²) in [5, 5.41) is 2.55. The zero-order valence-electron chi connectivity index (χ0n) is 12.2. The molecule has 0 atom stereocenters. The van der Waals surface area contributed by atoms with Crippen LogP contribution in [-0.4, -0.2) is 20.9 Å². The van der Waals surface area contributed by atoms with E-state index in [1.807, 2.05) is 0 Å². The predicted octanol–water partition coefficient (Wildman–Crippen LogP) is 2.64.